The molecule has 2 aliphatic rings. The highest BCUT2D eigenvalue weighted by molar-refractivity contribution is 5.80. The van der Waals surface area contributed by atoms with Crippen LogP contribution in [0.1, 0.15) is 31.0 Å². The van der Waals surface area contributed by atoms with Gasteiger partial charge < -0.3 is 9.80 Å². The molecule has 1 aromatic heterocycles. The molecule has 1 fully saturated rings. The molecule has 6 nitrogen and oxygen atoms in total. The average Bonchev–Trinajstić information content (AvgIpc) is 2.54. The topological polar surface area (TPSA) is 66.4 Å². The lowest BCUT2D eigenvalue weighted by Gasteiger charge is -2.35. The van der Waals surface area contributed by atoms with Gasteiger partial charge in [-0.25, -0.2) is 9.97 Å². The second kappa shape index (κ2) is 5.79. The monoisotopic (exact) mass is 288 g/mol. The van der Waals surface area contributed by atoms with Crippen LogP contribution in [-0.2, 0) is 22.6 Å². The summed E-state index contributed by atoms with van der Waals surface area (Å²) >= 11 is 0. The number of hydrogen-bond donors (Lipinski definition) is 0. The number of rotatable bonds is 1. The lowest BCUT2D eigenvalue weighted by molar-refractivity contribution is -0.140. The van der Waals surface area contributed by atoms with Gasteiger partial charge in [-0.2, -0.15) is 0 Å². The third-order valence-electron chi connectivity index (χ3n) is 4.46. The number of likely N-dealkylation sites (tertiary alicyclic amines) is 1. The van der Waals surface area contributed by atoms with Crippen molar-refractivity contribution in [2.45, 2.75) is 32.7 Å². The van der Waals surface area contributed by atoms with Crippen LogP contribution in [0.15, 0.2) is 12.5 Å². The van der Waals surface area contributed by atoms with E-state index in [4.69, 9.17) is 0 Å². The first kappa shape index (κ1) is 14.0. The zero-order valence-corrected chi connectivity index (χ0v) is 12.3. The number of hydrogen-bond acceptors (Lipinski definition) is 4. The van der Waals surface area contributed by atoms with Crippen molar-refractivity contribution < 1.29 is 9.59 Å². The lowest BCUT2D eigenvalue weighted by Crippen LogP contribution is -2.45. The molecule has 0 atom stereocenters. The summed E-state index contributed by atoms with van der Waals surface area (Å²) in [5, 5.41) is 0. The number of carbonyl (C=O) groups excluding carboxylic acids is 2. The second-order valence-corrected chi connectivity index (χ2v) is 5.78. The van der Waals surface area contributed by atoms with Crippen LogP contribution in [0.5, 0.6) is 0 Å². The molecule has 0 bridgehead atoms. The molecule has 0 unspecified atom stereocenters. The van der Waals surface area contributed by atoms with Crippen molar-refractivity contribution in [1.82, 2.24) is 19.8 Å². The summed E-state index contributed by atoms with van der Waals surface area (Å²) in [7, 11) is 0. The summed E-state index contributed by atoms with van der Waals surface area (Å²) in [6.07, 6.45) is 5.71. The molecule has 0 aromatic carbocycles. The van der Waals surface area contributed by atoms with Crippen LogP contribution < -0.4 is 0 Å². The van der Waals surface area contributed by atoms with Crippen molar-refractivity contribution >= 4 is 11.8 Å². The smallest absolute Gasteiger partial charge is 0.226 e. The number of aromatic nitrogens is 2. The molecule has 0 radical (unpaired) electrons. The quantitative estimate of drug-likeness (QED) is 0.760. The van der Waals surface area contributed by atoms with Gasteiger partial charge in [0.05, 0.1) is 5.69 Å². The fourth-order valence-electron chi connectivity index (χ4n) is 3.15. The Hall–Kier alpha value is -1.98. The fourth-order valence-corrected chi connectivity index (χ4v) is 3.15. The van der Waals surface area contributed by atoms with E-state index in [-0.39, 0.29) is 17.7 Å². The molecule has 1 aromatic rings. The van der Waals surface area contributed by atoms with Gasteiger partial charge in [0.1, 0.15) is 6.33 Å². The van der Waals surface area contributed by atoms with E-state index in [1.165, 1.54) is 0 Å². The first-order valence-electron chi connectivity index (χ1n) is 7.47. The zero-order chi connectivity index (χ0) is 14.8. The van der Waals surface area contributed by atoms with Gasteiger partial charge in [-0.05, 0) is 12.8 Å². The maximum atomic E-state index is 12.6. The standard InChI is InChI=1S/C15H20N4O2/c1-11(20)18-5-2-12(3-6-18)15(21)19-7-4-14-13(9-19)8-16-10-17-14/h8,10,12H,2-7,9H2,1H3. The summed E-state index contributed by atoms with van der Waals surface area (Å²) in [5.74, 6) is 0.365. The Morgan fingerprint density at radius 3 is 2.67 bits per heavy atom. The average molecular weight is 288 g/mol. The summed E-state index contributed by atoms with van der Waals surface area (Å²) in [5.41, 5.74) is 2.11. The van der Waals surface area contributed by atoms with E-state index in [0.29, 0.717) is 19.6 Å². The third kappa shape index (κ3) is 2.89. The lowest BCUT2D eigenvalue weighted by atomic mass is 9.94. The largest absolute Gasteiger partial charge is 0.343 e. The van der Waals surface area contributed by atoms with Gasteiger partial charge in [0, 0.05) is 57.2 Å². The van der Waals surface area contributed by atoms with Crippen molar-refractivity contribution in [3.05, 3.63) is 23.8 Å². The summed E-state index contributed by atoms with van der Waals surface area (Å²) < 4.78 is 0. The number of piperidine rings is 1. The Kier molecular flexibility index (Phi) is 3.86. The van der Waals surface area contributed by atoms with E-state index in [2.05, 4.69) is 9.97 Å². The van der Waals surface area contributed by atoms with Gasteiger partial charge >= 0.3 is 0 Å². The summed E-state index contributed by atoms with van der Waals surface area (Å²) in [6, 6.07) is 0. The van der Waals surface area contributed by atoms with Crippen LogP contribution >= 0.6 is 0 Å². The van der Waals surface area contributed by atoms with Gasteiger partial charge in [-0.3, -0.25) is 9.59 Å². The van der Waals surface area contributed by atoms with Crippen LogP contribution in [0.25, 0.3) is 0 Å². The first-order chi connectivity index (χ1) is 10.1. The van der Waals surface area contributed by atoms with Crippen LogP contribution in [0.4, 0.5) is 0 Å². The van der Waals surface area contributed by atoms with Gasteiger partial charge in [-0.1, -0.05) is 0 Å². The van der Waals surface area contributed by atoms with E-state index < -0.39 is 0 Å². The summed E-state index contributed by atoms with van der Waals surface area (Å²) in [6.45, 7) is 4.32. The van der Waals surface area contributed by atoms with Crippen LogP contribution in [0.2, 0.25) is 0 Å². The van der Waals surface area contributed by atoms with Crippen LogP contribution in [0.3, 0.4) is 0 Å². The maximum Gasteiger partial charge on any atom is 0.226 e. The van der Waals surface area contributed by atoms with E-state index in [9.17, 15) is 9.59 Å². The Bertz CT molecular complexity index is 552. The highest BCUT2D eigenvalue weighted by atomic mass is 16.2. The molecule has 0 spiro atoms. The van der Waals surface area contributed by atoms with E-state index in [1.807, 2.05) is 9.80 Å². The Balaban J connectivity index is 1.61. The van der Waals surface area contributed by atoms with Crippen LogP contribution in [0, 0.1) is 5.92 Å². The van der Waals surface area contributed by atoms with Crippen molar-refractivity contribution in [2.24, 2.45) is 5.92 Å². The fraction of sp³-hybridized carbons (Fsp3) is 0.600. The molecule has 3 rings (SSSR count). The molecule has 2 amide bonds. The van der Waals surface area contributed by atoms with E-state index in [1.54, 1.807) is 19.4 Å². The highest BCUT2D eigenvalue weighted by Gasteiger charge is 2.31. The normalized spacial score (nSPS) is 19.3. The zero-order valence-electron chi connectivity index (χ0n) is 12.3. The number of amides is 2. The predicted octanol–water partition coefficient (Wildman–Crippen LogP) is 0.620. The Labute approximate surface area is 124 Å². The van der Waals surface area contributed by atoms with Crippen molar-refractivity contribution in [3.63, 3.8) is 0 Å². The first-order valence-corrected chi connectivity index (χ1v) is 7.47. The summed E-state index contributed by atoms with van der Waals surface area (Å²) in [4.78, 5) is 36.0. The molecule has 1 saturated heterocycles. The molecule has 0 N–H and O–H groups in total. The second-order valence-electron chi connectivity index (χ2n) is 5.78. The minimum absolute atomic E-state index is 0.0479. The molecule has 2 aliphatic heterocycles. The molecule has 0 saturated carbocycles. The minimum Gasteiger partial charge on any atom is -0.343 e. The third-order valence-corrected chi connectivity index (χ3v) is 4.46. The van der Waals surface area contributed by atoms with Gasteiger partial charge in [0.2, 0.25) is 11.8 Å². The number of carbonyl (C=O) groups is 2. The minimum atomic E-state index is 0.0479. The Morgan fingerprint density at radius 1 is 1.19 bits per heavy atom. The van der Waals surface area contributed by atoms with E-state index >= 15 is 0 Å². The van der Waals surface area contributed by atoms with Crippen LogP contribution in [-0.4, -0.2) is 51.2 Å². The number of fused-ring (bicyclic) bond motifs is 1. The predicted molar refractivity (Wildman–Crippen MR) is 76.1 cm³/mol. The molecule has 6 heteroatoms. The van der Waals surface area contributed by atoms with Gasteiger partial charge in [-0.15, -0.1) is 0 Å². The molecular weight excluding hydrogens is 268 g/mol. The van der Waals surface area contributed by atoms with Gasteiger partial charge in [0.15, 0.2) is 0 Å². The molecule has 21 heavy (non-hydrogen) atoms. The van der Waals surface area contributed by atoms with Crippen molar-refractivity contribution in [1.29, 1.82) is 0 Å². The van der Waals surface area contributed by atoms with E-state index in [0.717, 1.165) is 37.1 Å². The van der Waals surface area contributed by atoms with Crippen molar-refractivity contribution in [3.8, 4) is 0 Å². The molecular formula is C15H20N4O2. The number of nitrogens with zero attached hydrogens (tertiary/aromatic N) is 4. The van der Waals surface area contributed by atoms with Crippen molar-refractivity contribution in [2.75, 3.05) is 19.6 Å². The molecule has 0 aliphatic carbocycles. The molecule has 112 valence electrons. The SMILES string of the molecule is CC(=O)N1CCC(C(=O)N2CCc3ncncc3C2)CC1. The van der Waals surface area contributed by atoms with Gasteiger partial charge in [0.25, 0.3) is 0 Å². The highest BCUT2D eigenvalue weighted by Crippen LogP contribution is 2.23. The maximum absolute atomic E-state index is 12.6. The molecule has 3 heterocycles. The Morgan fingerprint density at radius 2 is 1.95 bits per heavy atom.